The number of rotatable bonds is 4. The molecule has 0 fully saturated rings. The zero-order valence-electron chi connectivity index (χ0n) is 11.8. The summed E-state index contributed by atoms with van der Waals surface area (Å²) in [6.07, 6.45) is 2.72. The number of nitrogens with one attached hydrogen (secondary N) is 2. The summed E-state index contributed by atoms with van der Waals surface area (Å²) in [5.41, 5.74) is 1.75. The van der Waals surface area contributed by atoms with E-state index in [0.29, 0.717) is 22.7 Å². The van der Waals surface area contributed by atoms with Gasteiger partial charge in [-0.15, -0.1) is 0 Å². The molecule has 6 nitrogen and oxygen atoms in total. The number of furan rings is 1. The van der Waals surface area contributed by atoms with E-state index in [1.54, 1.807) is 49.4 Å². The summed E-state index contributed by atoms with van der Waals surface area (Å²) in [5.74, 6) is 0.413. The van der Waals surface area contributed by atoms with Crippen LogP contribution >= 0.6 is 0 Å². The van der Waals surface area contributed by atoms with Gasteiger partial charge in [0.1, 0.15) is 29.7 Å². The number of anilines is 2. The van der Waals surface area contributed by atoms with Crippen LogP contribution in [-0.2, 0) is 0 Å². The van der Waals surface area contributed by atoms with Gasteiger partial charge in [-0.2, -0.15) is 10.5 Å². The maximum atomic E-state index is 11.9. The molecule has 108 valence electrons. The lowest BCUT2D eigenvalue weighted by Gasteiger charge is -2.05. The van der Waals surface area contributed by atoms with Crippen LogP contribution < -0.4 is 10.6 Å². The standard InChI is InChI=1S/C16H12N4O2/c1-11-6-13(10-22-11)16(21)20-15-4-2-14(3-5-15)19-9-12(7-17)8-18/h2-6,9-10,19H,1H3,(H,20,21). The van der Waals surface area contributed by atoms with Crippen molar-refractivity contribution in [3.05, 3.63) is 59.7 Å². The van der Waals surface area contributed by atoms with Crippen LogP contribution in [0.2, 0.25) is 0 Å². The van der Waals surface area contributed by atoms with Crippen molar-refractivity contribution in [1.29, 1.82) is 10.5 Å². The van der Waals surface area contributed by atoms with Gasteiger partial charge >= 0.3 is 0 Å². The van der Waals surface area contributed by atoms with E-state index in [0.717, 1.165) is 0 Å². The van der Waals surface area contributed by atoms with Crippen LogP contribution in [0.1, 0.15) is 16.1 Å². The van der Waals surface area contributed by atoms with E-state index in [2.05, 4.69) is 10.6 Å². The third kappa shape index (κ3) is 3.75. The first-order chi connectivity index (χ1) is 10.6. The van der Waals surface area contributed by atoms with Gasteiger partial charge in [0.15, 0.2) is 0 Å². The summed E-state index contributed by atoms with van der Waals surface area (Å²) in [5, 5.41) is 22.8. The Balaban J connectivity index is 2.01. The monoisotopic (exact) mass is 292 g/mol. The smallest absolute Gasteiger partial charge is 0.258 e. The normalized spacial score (nSPS) is 9.23. The molecule has 0 radical (unpaired) electrons. The molecule has 0 saturated heterocycles. The summed E-state index contributed by atoms with van der Waals surface area (Å²) < 4.78 is 5.09. The maximum Gasteiger partial charge on any atom is 0.258 e. The number of nitriles is 2. The van der Waals surface area contributed by atoms with Gasteiger partial charge < -0.3 is 15.1 Å². The minimum Gasteiger partial charge on any atom is -0.469 e. The van der Waals surface area contributed by atoms with Gasteiger partial charge in [0, 0.05) is 17.6 Å². The summed E-state index contributed by atoms with van der Waals surface area (Å²) in [6, 6.07) is 12.0. The number of hydrogen-bond donors (Lipinski definition) is 2. The highest BCUT2D eigenvalue weighted by atomic mass is 16.3. The zero-order valence-corrected chi connectivity index (χ0v) is 11.8. The number of amides is 1. The van der Waals surface area contributed by atoms with Gasteiger partial charge in [-0.25, -0.2) is 0 Å². The minimum atomic E-state index is -0.256. The number of benzene rings is 1. The van der Waals surface area contributed by atoms with Crippen molar-refractivity contribution in [3.63, 3.8) is 0 Å². The SMILES string of the molecule is Cc1cc(C(=O)Nc2ccc(NC=C(C#N)C#N)cc2)co1. The Labute approximate surface area is 127 Å². The van der Waals surface area contributed by atoms with E-state index in [1.807, 2.05) is 0 Å². The molecule has 0 atom stereocenters. The first-order valence-corrected chi connectivity index (χ1v) is 6.36. The third-order valence-electron chi connectivity index (χ3n) is 2.76. The molecular weight excluding hydrogens is 280 g/mol. The van der Waals surface area contributed by atoms with Crippen LogP contribution in [0.3, 0.4) is 0 Å². The van der Waals surface area contributed by atoms with E-state index in [1.165, 1.54) is 12.5 Å². The van der Waals surface area contributed by atoms with Crippen molar-refractivity contribution < 1.29 is 9.21 Å². The van der Waals surface area contributed by atoms with Gasteiger partial charge in [0.25, 0.3) is 5.91 Å². The van der Waals surface area contributed by atoms with E-state index < -0.39 is 0 Å². The van der Waals surface area contributed by atoms with E-state index in [-0.39, 0.29) is 11.5 Å². The predicted octanol–water partition coefficient (Wildman–Crippen LogP) is 3.18. The third-order valence-corrected chi connectivity index (χ3v) is 2.76. The van der Waals surface area contributed by atoms with Gasteiger partial charge in [-0.1, -0.05) is 0 Å². The van der Waals surface area contributed by atoms with Crippen LogP contribution in [0.5, 0.6) is 0 Å². The van der Waals surface area contributed by atoms with E-state index in [9.17, 15) is 4.79 Å². The van der Waals surface area contributed by atoms with Crippen molar-refractivity contribution in [1.82, 2.24) is 0 Å². The van der Waals surface area contributed by atoms with Crippen molar-refractivity contribution in [2.45, 2.75) is 6.92 Å². The van der Waals surface area contributed by atoms with Gasteiger partial charge in [0.2, 0.25) is 0 Å². The maximum absolute atomic E-state index is 11.9. The molecule has 1 aromatic carbocycles. The van der Waals surface area contributed by atoms with Crippen molar-refractivity contribution >= 4 is 17.3 Å². The molecular formula is C16H12N4O2. The molecule has 2 aromatic rings. The molecule has 0 bridgehead atoms. The molecule has 0 aliphatic carbocycles. The second kappa shape index (κ2) is 6.78. The first-order valence-electron chi connectivity index (χ1n) is 6.36. The molecule has 2 N–H and O–H groups in total. The Morgan fingerprint density at radius 2 is 1.82 bits per heavy atom. The fraction of sp³-hybridized carbons (Fsp3) is 0.0625. The lowest BCUT2D eigenvalue weighted by molar-refractivity contribution is 0.102. The molecule has 0 aliphatic heterocycles. The number of aryl methyl sites for hydroxylation is 1. The molecule has 2 rings (SSSR count). The van der Waals surface area contributed by atoms with Gasteiger partial charge in [0.05, 0.1) is 5.56 Å². The highest BCUT2D eigenvalue weighted by Crippen LogP contribution is 2.15. The Bertz CT molecular complexity index is 773. The summed E-state index contributed by atoms with van der Waals surface area (Å²) in [6.45, 7) is 1.77. The molecule has 1 amide bonds. The Morgan fingerprint density at radius 1 is 1.18 bits per heavy atom. The average molecular weight is 292 g/mol. The predicted molar refractivity (Wildman–Crippen MR) is 80.8 cm³/mol. The number of nitrogens with zero attached hydrogens (tertiary/aromatic N) is 2. The summed E-state index contributed by atoms with van der Waals surface area (Å²) >= 11 is 0. The molecule has 6 heteroatoms. The summed E-state index contributed by atoms with van der Waals surface area (Å²) in [7, 11) is 0. The Kier molecular flexibility index (Phi) is 4.59. The van der Waals surface area contributed by atoms with E-state index in [4.69, 9.17) is 14.9 Å². The average Bonchev–Trinajstić information content (AvgIpc) is 2.96. The van der Waals surface area contributed by atoms with Crippen LogP contribution in [0.25, 0.3) is 0 Å². The zero-order chi connectivity index (χ0) is 15.9. The molecule has 1 heterocycles. The molecule has 0 aliphatic rings. The Hall–Kier alpha value is -3.51. The molecule has 1 aromatic heterocycles. The molecule has 0 unspecified atom stereocenters. The molecule has 22 heavy (non-hydrogen) atoms. The van der Waals surface area contributed by atoms with Gasteiger partial charge in [-0.3, -0.25) is 4.79 Å². The van der Waals surface area contributed by atoms with Crippen LogP contribution in [0.4, 0.5) is 11.4 Å². The first kappa shape index (κ1) is 14.9. The highest BCUT2D eigenvalue weighted by Gasteiger charge is 2.08. The lowest BCUT2D eigenvalue weighted by atomic mass is 10.2. The highest BCUT2D eigenvalue weighted by molar-refractivity contribution is 6.04. The van der Waals surface area contributed by atoms with Crippen molar-refractivity contribution in [2.24, 2.45) is 0 Å². The topological polar surface area (TPSA) is 102 Å². The molecule has 0 saturated carbocycles. The van der Waals surface area contributed by atoms with Gasteiger partial charge in [-0.05, 0) is 37.3 Å². The van der Waals surface area contributed by atoms with E-state index >= 15 is 0 Å². The lowest BCUT2D eigenvalue weighted by Crippen LogP contribution is -2.10. The van der Waals surface area contributed by atoms with Crippen LogP contribution in [0, 0.1) is 29.6 Å². The number of hydrogen-bond acceptors (Lipinski definition) is 5. The number of carbonyl (C=O) groups is 1. The van der Waals surface area contributed by atoms with Crippen LogP contribution in [-0.4, -0.2) is 5.91 Å². The quantitative estimate of drug-likeness (QED) is 0.842. The minimum absolute atomic E-state index is 0.0206. The fourth-order valence-corrected chi connectivity index (χ4v) is 1.66. The van der Waals surface area contributed by atoms with Crippen molar-refractivity contribution in [2.75, 3.05) is 10.6 Å². The number of carbonyl (C=O) groups excluding carboxylic acids is 1. The second-order valence-electron chi connectivity index (χ2n) is 4.40. The fourth-order valence-electron chi connectivity index (χ4n) is 1.66. The Morgan fingerprint density at radius 3 is 2.36 bits per heavy atom. The second-order valence-corrected chi connectivity index (χ2v) is 4.40. The number of allylic oxidation sites excluding steroid dienone is 1. The summed E-state index contributed by atoms with van der Waals surface area (Å²) in [4.78, 5) is 11.9. The largest absolute Gasteiger partial charge is 0.469 e. The van der Waals surface area contributed by atoms with Crippen molar-refractivity contribution in [3.8, 4) is 12.1 Å². The van der Waals surface area contributed by atoms with Crippen LogP contribution in [0.15, 0.2) is 52.8 Å². The molecule has 0 spiro atoms.